The van der Waals surface area contributed by atoms with Crippen LogP contribution in [0.3, 0.4) is 0 Å². The molecule has 0 aliphatic rings. The Morgan fingerprint density at radius 3 is 2.31 bits per heavy atom. The summed E-state index contributed by atoms with van der Waals surface area (Å²) in [4.78, 5) is 11.5. The first-order valence-corrected chi connectivity index (χ1v) is 6.02. The zero-order valence-electron chi connectivity index (χ0n) is 9.38. The second-order valence-corrected chi connectivity index (χ2v) is 5.23. The molecule has 1 aromatic rings. The average Bonchev–Trinajstić information content (AvgIpc) is 2.20. The van der Waals surface area contributed by atoms with E-state index in [2.05, 4.69) is 0 Å². The summed E-state index contributed by atoms with van der Waals surface area (Å²) in [6.07, 6.45) is -0.305. The van der Waals surface area contributed by atoms with Crippen LogP contribution in [0.5, 0.6) is 0 Å². The van der Waals surface area contributed by atoms with Crippen molar-refractivity contribution in [3.8, 4) is 0 Å². The molecule has 16 heavy (non-hydrogen) atoms. The van der Waals surface area contributed by atoms with Gasteiger partial charge in [-0.05, 0) is 24.6 Å². The summed E-state index contributed by atoms with van der Waals surface area (Å²) in [6, 6.07) is 7.40. The molecule has 0 radical (unpaired) electrons. The van der Waals surface area contributed by atoms with Gasteiger partial charge in [-0.2, -0.15) is 0 Å². The molecule has 88 valence electrons. The highest BCUT2D eigenvalue weighted by atomic mass is 32.2. The van der Waals surface area contributed by atoms with Crippen LogP contribution in [-0.4, -0.2) is 27.5 Å². The van der Waals surface area contributed by atoms with Crippen LogP contribution in [0.2, 0.25) is 0 Å². The van der Waals surface area contributed by atoms with Crippen LogP contribution in [-0.2, 0) is 11.2 Å². The zero-order chi connectivity index (χ0) is 12.1. The lowest BCUT2D eigenvalue weighted by molar-refractivity contribution is -0.136. The van der Waals surface area contributed by atoms with E-state index in [1.807, 2.05) is 31.2 Å². The lowest BCUT2D eigenvalue weighted by Gasteiger charge is -2.13. The quantitative estimate of drug-likeness (QED) is 0.774. The van der Waals surface area contributed by atoms with Crippen molar-refractivity contribution in [2.75, 3.05) is 0 Å². The number of carboxylic acid groups (broad SMARTS) is 1. The molecule has 3 nitrogen and oxygen atoms in total. The fourth-order valence-corrected chi connectivity index (χ4v) is 2.09. The number of aliphatic carboxylic acids is 1. The van der Waals surface area contributed by atoms with Gasteiger partial charge >= 0.3 is 5.97 Å². The van der Waals surface area contributed by atoms with Crippen LogP contribution >= 0.6 is 11.8 Å². The molecule has 0 saturated carbocycles. The van der Waals surface area contributed by atoms with Gasteiger partial charge < -0.3 is 10.2 Å². The topological polar surface area (TPSA) is 57.5 Å². The number of hydrogen-bond donors (Lipinski definition) is 2. The maximum Gasteiger partial charge on any atom is 0.307 e. The molecule has 1 aromatic carbocycles. The first-order valence-electron chi connectivity index (χ1n) is 5.14. The van der Waals surface area contributed by atoms with E-state index in [0.29, 0.717) is 0 Å². The van der Waals surface area contributed by atoms with Crippen molar-refractivity contribution < 1.29 is 15.0 Å². The van der Waals surface area contributed by atoms with Crippen molar-refractivity contribution in [3.05, 3.63) is 29.8 Å². The highest BCUT2D eigenvalue weighted by Gasteiger charge is 2.10. The van der Waals surface area contributed by atoms with Gasteiger partial charge in [-0.3, -0.25) is 4.79 Å². The Labute approximate surface area is 99.5 Å². The van der Waals surface area contributed by atoms with Crippen LogP contribution in [0.1, 0.15) is 19.4 Å². The van der Waals surface area contributed by atoms with Gasteiger partial charge in [0.1, 0.15) is 0 Å². The van der Waals surface area contributed by atoms with Gasteiger partial charge in [0, 0.05) is 10.1 Å². The van der Waals surface area contributed by atoms with Crippen molar-refractivity contribution in [3.63, 3.8) is 0 Å². The van der Waals surface area contributed by atoms with Crippen molar-refractivity contribution in [2.45, 2.75) is 36.5 Å². The van der Waals surface area contributed by atoms with E-state index in [4.69, 9.17) is 5.11 Å². The molecule has 0 saturated heterocycles. The Hall–Kier alpha value is -1.00. The van der Waals surface area contributed by atoms with Gasteiger partial charge in [-0.25, -0.2) is 0 Å². The van der Waals surface area contributed by atoms with Crippen LogP contribution in [0.4, 0.5) is 0 Å². The van der Waals surface area contributed by atoms with E-state index >= 15 is 0 Å². The lowest BCUT2D eigenvalue weighted by atomic mass is 10.2. The molecular formula is C12H16O3S. The maximum absolute atomic E-state index is 10.5. The Kier molecular flexibility index (Phi) is 4.83. The third kappa shape index (κ3) is 4.24. The minimum Gasteiger partial charge on any atom is -0.481 e. The molecule has 2 N–H and O–H groups in total. The summed E-state index contributed by atoms with van der Waals surface area (Å²) in [6.45, 7) is 3.72. The predicted molar refractivity (Wildman–Crippen MR) is 64.8 cm³/mol. The molecule has 2 unspecified atom stereocenters. The highest BCUT2D eigenvalue weighted by Crippen LogP contribution is 2.25. The Morgan fingerprint density at radius 2 is 1.88 bits per heavy atom. The zero-order valence-corrected chi connectivity index (χ0v) is 10.2. The average molecular weight is 240 g/mol. The third-order valence-corrected chi connectivity index (χ3v) is 3.59. The lowest BCUT2D eigenvalue weighted by Crippen LogP contribution is -2.14. The monoisotopic (exact) mass is 240 g/mol. The highest BCUT2D eigenvalue weighted by molar-refractivity contribution is 8.00. The van der Waals surface area contributed by atoms with E-state index in [1.54, 1.807) is 18.7 Å². The number of carboxylic acids is 1. The van der Waals surface area contributed by atoms with E-state index in [-0.39, 0.29) is 17.8 Å². The normalized spacial score (nSPS) is 14.4. The Morgan fingerprint density at radius 1 is 1.31 bits per heavy atom. The summed E-state index contributed by atoms with van der Waals surface area (Å²) in [7, 11) is 0. The van der Waals surface area contributed by atoms with E-state index in [1.165, 1.54) is 0 Å². The molecule has 0 aliphatic carbocycles. The Bertz CT molecular complexity index is 346. The number of hydrogen-bond acceptors (Lipinski definition) is 3. The summed E-state index contributed by atoms with van der Waals surface area (Å²) in [5, 5.41) is 18.1. The standard InChI is InChI=1S/C12H16O3S/c1-8(13)9(2)16-11-5-3-10(4-6-11)7-12(14)15/h3-6,8-9,13H,7H2,1-2H3,(H,14,15). The van der Waals surface area contributed by atoms with Crippen LogP contribution in [0.15, 0.2) is 29.2 Å². The van der Waals surface area contributed by atoms with Gasteiger partial charge in [-0.15, -0.1) is 11.8 Å². The molecule has 1 rings (SSSR count). The molecule has 2 atom stereocenters. The van der Waals surface area contributed by atoms with Crippen LogP contribution in [0.25, 0.3) is 0 Å². The van der Waals surface area contributed by atoms with Gasteiger partial charge in [-0.1, -0.05) is 19.1 Å². The second kappa shape index (κ2) is 5.92. The van der Waals surface area contributed by atoms with E-state index < -0.39 is 5.97 Å². The summed E-state index contributed by atoms with van der Waals surface area (Å²) < 4.78 is 0. The number of aliphatic hydroxyl groups is 1. The predicted octanol–water partition coefficient (Wildman–Crippen LogP) is 2.18. The number of rotatable bonds is 5. The summed E-state index contributed by atoms with van der Waals surface area (Å²) in [5.74, 6) is -0.822. The van der Waals surface area contributed by atoms with Crippen LogP contribution in [0, 0.1) is 0 Å². The number of aliphatic hydroxyl groups excluding tert-OH is 1. The van der Waals surface area contributed by atoms with Crippen molar-refractivity contribution in [2.24, 2.45) is 0 Å². The molecule has 0 aromatic heterocycles. The van der Waals surface area contributed by atoms with Crippen molar-refractivity contribution in [1.29, 1.82) is 0 Å². The smallest absolute Gasteiger partial charge is 0.307 e. The first-order chi connectivity index (χ1) is 7.49. The number of carbonyl (C=O) groups is 1. The van der Waals surface area contributed by atoms with Gasteiger partial charge in [0.25, 0.3) is 0 Å². The van der Waals surface area contributed by atoms with Gasteiger partial charge in [0.05, 0.1) is 12.5 Å². The van der Waals surface area contributed by atoms with Crippen LogP contribution < -0.4 is 0 Å². The van der Waals surface area contributed by atoms with E-state index in [9.17, 15) is 9.90 Å². The molecular weight excluding hydrogens is 224 g/mol. The minimum atomic E-state index is -0.822. The fraction of sp³-hybridized carbons (Fsp3) is 0.417. The van der Waals surface area contributed by atoms with Gasteiger partial charge in [0.15, 0.2) is 0 Å². The number of benzene rings is 1. The summed E-state index contributed by atoms with van der Waals surface area (Å²) in [5.41, 5.74) is 0.793. The largest absolute Gasteiger partial charge is 0.481 e. The minimum absolute atomic E-state index is 0.0525. The number of thioether (sulfide) groups is 1. The third-order valence-electron chi connectivity index (χ3n) is 2.28. The second-order valence-electron chi connectivity index (χ2n) is 3.78. The maximum atomic E-state index is 10.5. The molecule has 0 amide bonds. The van der Waals surface area contributed by atoms with Crippen molar-refractivity contribution >= 4 is 17.7 Å². The molecule has 0 heterocycles. The Balaban J connectivity index is 2.61. The fourth-order valence-electron chi connectivity index (χ4n) is 1.17. The van der Waals surface area contributed by atoms with Crippen molar-refractivity contribution in [1.82, 2.24) is 0 Å². The molecule has 0 bridgehead atoms. The first kappa shape index (κ1) is 13.1. The SMILES string of the molecule is CC(O)C(C)Sc1ccc(CC(=O)O)cc1. The molecule has 0 spiro atoms. The van der Waals surface area contributed by atoms with E-state index in [0.717, 1.165) is 10.5 Å². The molecule has 0 fully saturated rings. The molecule has 4 heteroatoms. The van der Waals surface area contributed by atoms with Gasteiger partial charge in [0.2, 0.25) is 0 Å². The molecule has 0 aliphatic heterocycles. The summed E-state index contributed by atoms with van der Waals surface area (Å²) >= 11 is 1.58.